The number of hydrogen-bond acceptors (Lipinski definition) is 4. The van der Waals surface area contributed by atoms with E-state index in [0.29, 0.717) is 6.61 Å². The fourth-order valence-electron chi connectivity index (χ4n) is 1.79. The fourth-order valence-corrected chi connectivity index (χ4v) is 1.79. The van der Waals surface area contributed by atoms with Crippen molar-refractivity contribution in [2.24, 2.45) is 5.73 Å². The third-order valence-electron chi connectivity index (χ3n) is 2.72. The highest BCUT2D eigenvalue weighted by Gasteiger charge is 2.32. The lowest BCUT2D eigenvalue weighted by Gasteiger charge is -2.33. The number of morpholine rings is 1. The second-order valence-corrected chi connectivity index (χ2v) is 3.85. The predicted octanol–water partition coefficient (Wildman–Crippen LogP) is -0.453. The minimum atomic E-state index is -0.862. The topological polar surface area (TPSA) is 85.5 Å². The molecule has 0 radical (unpaired) electrons. The molecule has 1 aromatic rings. The van der Waals surface area contributed by atoms with Crippen LogP contribution >= 0.6 is 0 Å². The number of carbonyl (C=O) groups excluding carboxylic acids is 2. The van der Waals surface area contributed by atoms with E-state index in [1.165, 1.54) is 17.2 Å². The van der Waals surface area contributed by atoms with E-state index in [1.807, 2.05) is 0 Å². The number of carbonyl (C=O) groups is 2. The summed E-state index contributed by atoms with van der Waals surface area (Å²) < 4.78 is 18.6. The molecule has 2 heterocycles. The molecule has 1 aliphatic rings. The van der Waals surface area contributed by atoms with Gasteiger partial charge in [0.25, 0.3) is 5.91 Å². The molecule has 1 atom stereocenters. The first-order chi connectivity index (χ1) is 8.61. The summed E-state index contributed by atoms with van der Waals surface area (Å²) >= 11 is 0. The zero-order valence-electron chi connectivity index (χ0n) is 9.51. The van der Waals surface area contributed by atoms with E-state index in [2.05, 4.69) is 4.98 Å². The van der Waals surface area contributed by atoms with E-state index < -0.39 is 23.7 Å². The SMILES string of the molecule is NC(=O)C1COCCN1C(=O)c1ccncc1F. The van der Waals surface area contributed by atoms with Crippen LogP contribution in [0, 0.1) is 5.82 Å². The van der Waals surface area contributed by atoms with Crippen LogP contribution < -0.4 is 5.73 Å². The zero-order chi connectivity index (χ0) is 13.1. The quantitative estimate of drug-likeness (QED) is 0.773. The molecule has 0 spiro atoms. The van der Waals surface area contributed by atoms with Gasteiger partial charge in [0.2, 0.25) is 5.91 Å². The summed E-state index contributed by atoms with van der Waals surface area (Å²) in [4.78, 5) is 28.1. The number of halogens is 1. The molecule has 0 bridgehead atoms. The average Bonchev–Trinajstić information content (AvgIpc) is 2.38. The summed E-state index contributed by atoms with van der Waals surface area (Å²) in [6.07, 6.45) is 2.27. The number of nitrogens with two attached hydrogens (primary N) is 1. The van der Waals surface area contributed by atoms with Gasteiger partial charge in [0, 0.05) is 12.7 Å². The highest BCUT2D eigenvalue weighted by molar-refractivity contribution is 5.97. The minimum absolute atomic E-state index is 0.0355. The zero-order valence-corrected chi connectivity index (χ0v) is 9.51. The molecule has 0 aliphatic carbocycles. The molecular formula is C11H12FN3O3. The van der Waals surface area contributed by atoms with Crippen LogP contribution in [0.3, 0.4) is 0 Å². The number of aromatic nitrogens is 1. The average molecular weight is 253 g/mol. The molecule has 18 heavy (non-hydrogen) atoms. The largest absolute Gasteiger partial charge is 0.377 e. The van der Waals surface area contributed by atoms with Crippen LogP contribution in [0.1, 0.15) is 10.4 Å². The number of nitrogens with zero attached hydrogens (tertiary/aromatic N) is 2. The van der Waals surface area contributed by atoms with Crippen molar-refractivity contribution in [2.75, 3.05) is 19.8 Å². The Morgan fingerprint density at radius 3 is 3.00 bits per heavy atom. The molecule has 7 heteroatoms. The van der Waals surface area contributed by atoms with E-state index in [-0.39, 0.29) is 18.7 Å². The molecule has 1 fully saturated rings. The Morgan fingerprint density at radius 1 is 1.56 bits per heavy atom. The Morgan fingerprint density at radius 2 is 2.33 bits per heavy atom. The van der Waals surface area contributed by atoms with Crippen molar-refractivity contribution in [1.29, 1.82) is 0 Å². The normalized spacial score (nSPS) is 19.6. The number of primary amides is 1. The Kier molecular flexibility index (Phi) is 3.52. The lowest BCUT2D eigenvalue weighted by molar-refractivity contribution is -0.127. The van der Waals surface area contributed by atoms with Gasteiger partial charge in [0.05, 0.1) is 25.0 Å². The molecule has 0 saturated carbocycles. The maximum absolute atomic E-state index is 13.5. The number of ether oxygens (including phenoxy) is 1. The lowest BCUT2D eigenvalue weighted by Crippen LogP contribution is -2.54. The molecular weight excluding hydrogens is 241 g/mol. The number of pyridine rings is 1. The van der Waals surface area contributed by atoms with Crippen LogP contribution in [0.2, 0.25) is 0 Å². The Hall–Kier alpha value is -2.02. The molecule has 1 aromatic heterocycles. The smallest absolute Gasteiger partial charge is 0.257 e. The second kappa shape index (κ2) is 5.09. The second-order valence-electron chi connectivity index (χ2n) is 3.85. The van der Waals surface area contributed by atoms with Crippen LogP contribution in [0.25, 0.3) is 0 Å². The van der Waals surface area contributed by atoms with Crippen LogP contribution in [0.4, 0.5) is 4.39 Å². The van der Waals surface area contributed by atoms with Crippen molar-refractivity contribution in [3.8, 4) is 0 Å². The molecule has 1 aliphatic heterocycles. The lowest BCUT2D eigenvalue weighted by atomic mass is 10.1. The summed E-state index contributed by atoms with van der Waals surface area (Å²) in [5.41, 5.74) is 5.07. The Balaban J connectivity index is 2.27. The van der Waals surface area contributed by atoms with Crippen molar-refractivity contribution in [1.82, 2.24) is 9.88 Å². The molecule has 6 nitrogen and oxygen atoms in total. The van der Waals surface area contributed by atoms with Gasteiger partial charge in [-0.2, -0.15) is 0 Å². The highest BCUT2D eigenvalue weighted by atomic mass is 19.1. The molecule has 2 amide bonds. The Bertz CT molecular complexity index is 480. The maximum atomic E-state index is 13.5. The van der Waals surface area contributed by atoms with Crippen molar-refractivity contribution in [2.45, 2.75) is 6.04 Å². The van der Waals surface area contributed by atoms with Gasteiger partial charge < -0.3 is 15.4 Å². The predicted molar refractivity (Wildman–Crippen MR) is 59.0 cm³/mol. The number of amides is 2. The summed E-state index contributed by atoms with van der Waals surface area (Å²) in [5.74, 6) is -1.98. The first-order valence-corrected chi connectivity index (χ1v) is 5.39. The monoisotopic (exact) mass is 253 g/mol. The third kappa shape index (κ3) is 2.30. The standard InChI is InChI=1S/C11H12FN3O3/c12-8-5-14-2-1-7(8)11(17)15-3-4-18-6-9(15)10(13)16/h1-2,5,9H,3-4,6H2,(H2,13,16). The first-order valence-electron chi connectivity index (χ1n) is 5.39. The van der Waals surface area contributed by atoms with Crippen molar-refractivity contribution in [3.63, 3.8) is 0 Å². The molecule has 1 saturated heterocycles. The fraction of sp³-hybridized carbons (Fsp3) is 0.364. The molecule has 2 N–H and O–H groups in total. The summed E-state index contributed by atoms with van der Waals surface area (Å²) in [5, 5.41) is 0. The summed E-state index contributed by atoms with van der Waals surface area (Å²) in [6, 6.07) is 0.407. The molecule has 2 rings (SSSR count). The van der Waals surface area contributed by atoms with E-state index in [9.17, 15) is 14.0 Å². The van der Waals surface area contributed by atoms with Crippen LogP contribution in [-0.4, -0.2) is 47.5 Å². The molecule has 1 unspecified atom stereocenters. The van der Waals surface area contributed by atoms with Gasteiger partial charge in [-0.1, -0.05) is 0 Å². The van der Waals surface area contributed by atoms with Crippen molar-refractivity contribution < 1.29 is 18.7 Å². The summed E-state index contributed by atoms with van der Waals surface area (Å²) in [7, 11) is 0. The molecule has 96 valence electrons. The van der Waals surface area contributed by atoms with Gasteiger partial charge in [-0.15, -0.1) is 0 Å². The van der Waals surface area contributed by atoms with E-state index in [4.69, 9.17) is 10.5 Å². The van der Waals surface area contributed by atoms with Crippen LogP contribution in [-0.2, 0) is 9.53 Å². The van der Waals surface area contributed by atoms with Gasteiger partial charge in [0.15, 0.2) is 5.82 Å². The molecule has 0 aromatic carbocycles. The highest BCUT2D eigenvalue weighted by Crippen LogP contribution is 2.14. The maximum Gasteiger partial charge on any atom is 0.257 e. The number of rotatable bonds is 2. The van der Waals surface area contributed by atoms with Crippen molar-refractivity contribution in [3.05, 3.63) is 29.8 Å². The van der Waals surface area contributed by atoms with Gasteiger partial charge in [-0.25, -0.2) is 4.39 Å². The summed E-state index contributed by atoms with van der Waals surface area (Å²) in [6.45, 7) is 0.532. The van der Waals surface area contributed by atoms with Crippen LogP contribution in [0.15, 0.2) is 18.5 Å². The minimum Gasteiger partial charge on any atom is -0.377 e. The van der Waals surface area contributed by atoms with Gasteiger partial charge in [-0.3, -0.25) is 14.6 Å². The van der Waals surface area contributed by atoms with Crippen LogP contribution in [0.5, 0.6) is 0 Å². The third-order valence-corrected chi connectivity index (χ3v) is 2.72. The van der Waals surface area contributed by atoms with E-state index >= 15 is 0 Å². The van der Waals surface area contributed by atoms with Crippen molar-refractivity contribution >= 4 is 11.8 Å². The Labute approximate surface area is 103 Å². The van der Waals surface area contributed by atoms with E-state index in [1.54, 1.807) is 0 Å². The van der Waals surface area contributed by atoms with Gasteiger partial charge in [-0.05, 0) is 6.07 Å². The number of hydrogen-bond donors (Lipinski definition) is 1. The van der Waals surface area contributed by atoms with Gasteiger partial charge >= 0.3 is 0 Å². The first kappa shape index (κ1) is 12.4. The van der Waals surface area contributed by atoms with Gasteiger partial charge in [0.1, 0.15) is 6.04 Å². The van der Waals surface area contributed by atoms with E-state index in [0.717, 1.165) is 6.20 Å².